The van der Waals surface area contributed by atoms with Gasteiger partial charge in [0, 0.05) is 29.8 Å². The van der Waals surface area contributed by atoms with Crippen molar-refractivity contribution in [2.75, 3.05) is 30.3 Å². The molecule has 3 N–H and O–H groups in total. The van der Waals surface area contributed by atoms with Crippen molar-refractivity contribution in [2.45, 2.75) is 20.3 Å². The van der Waals surface area contributed by atoms with Gasteiger partial charge in [0.1, 0.15) is 23.3 Å². The van der Waals surface area contributed by atoms with Crippen LogP contribution in [-0.2, 0) is 6.42 Å². The molecule has 0 saturated carbocycles. The molecule has 7 nitrogen and oxygen atoms in total. The molecule has 2 aliphatic rings. The number of amidine groups is 1. The summed E-state index contributed by atoms with van der Waals surface area (Å²) in [6.45, 7) is 4.43. The second-order valence-electron chi connectivity index (χ2n) is 7.45. The Balaban J connectivity index is 1.63. The fourth-order valence-corrected chi connectivity index (χ4v) is 3.51. The molecule has 0 radical (unpaired) electrons. The molecule has 0 atom stereocenters. The third kappa shape index (κ3) is 4.67. The summed E-state index contributed by atoms with van der Waals surface area (Å²) in [5.41, 5.74) is 2.41. The second-order valence-corrected chi connectivity index (χ2v) is 7.45. The van der Waals surface area contributed by atoms with Crippen LogP contribution in [0, 0.1) is 11.6 Å². The number of benzene rings is 1. The highest BCUT2D eigenvalue weighted by molar-refractivity contribution is 6.05. The van der Waals surface area contributed by atoms with Crippen LogP contribution in [0.1, 0.15) is 25.0 Å². The molecule has 32 heavy (non-hydrogen) atoms. The Morgan fingerprint density at radius 1 is 1.19 bits per heavy atom. The Labute approximate surface area is 184 Å². The Hall–Kier alpha value is -3.59. The minimum atomic E-state index is -0.663. The van der Waals surface area contributed by atoms with E-state index in [0.29, 0.717) is 36.0 Å². The maximum absolute atomic E-state index is 15.0. The van der Waals surface area contributed by atoms with Crippen LogP contribution in [0.4, 0.5) is 20.4 Å². The number of hydrogen-bond acceptors (Lipinski definition) is 7. The van der Waals surface area contributed by atoms with Crippen molar-refractivity contribution in [1.82, 2.24) is 9.97 Å². The Kier molecular flexibility index (Phi) is 6.27. The highest BCUT2D eigenvalue weighted by Gasteiger charge is 2.23. The largest absolute Gasteiger partial charge is 0.421 e. The molecule has 0 amide bonds. The van der Waals surface area contributed by atoms with Crippen molar-refractivity contribution in [3.05, 3.63) is 64.3 Å². The SMILES string of the molecule is C/C=C/C1=CC(Nc2cc(NCCO)nc(Oc3cc(F)c4c(c3F)C=C(C)C4)n2)=NC1. The van der Waals surface area contributed by atoms with E-state index in [1.165, 1.54) is 0 Å². The van der Waals surface area contributed by atoms with Crippen molar-refractivity contribution in [2.24, 2.45) is 4.99 Å². The van der Waals surface area contributed by atoms with E-state index in [4.69, 9.17) is 9.84 Å². The minimum Gasteiger partial charge on any atom is -0.421 e. The maximum Gasteiger partial charge on any atom is 0.326 e. The molecule has 1 aromatic carbocycles. The Bertz CT molecular complexity index is 1170. The number of anilines is 2. The standard InChI is InChI=1S/C23H23F2N5O2/c1-3-4-14-9-19(27-12-14)28-21-11-20(26-5-6-31)29-23(30-21)32-18-10-17(24)15-7-13(2)8-16(15)22(18)25/h3-4,8-11,31H,5-7,12H2,1-2H3,(H2,26,27,28,29,30)/b4-3+. The monoisotopic (exact) mass is 439 g/mol. The normalized spacial score (nSPS) is 14.8. The smallest absolute Gasteiger partial charge is 0.326 e. The Morgan fingerprint density at radius 3 is 2.78 bits per heavy atom. The number of aromatic nitrogens is 2. The maximum atomic E-state index is 15.0. The van der Waals surface area contributed by atoms with Gasteiger partial charge < -0.3 is 20.5 Å². The van der Waals surface area contributed by atoms with E-state index in [0.717, 1.165) is 17.2 Å². The first-order valence-corrected chi connectivity index (χ1v) is 10.2. The van der Waals surface area contributed by atoms with Gasteiger partial charge in [-0.2, -0.15) is 9.97 Å². The summed E-state index contributed by atoms with van der Waals surface area (Å²) < 4.78 is 35.0. The number of allylic oxidation sites excluding steroid dienone is 2. The third-order valence-electron chi connectivity index (χ3n) is 4.89. The lowest BCUT2D eigenvalue weighted by Gasteiger charge is -2.12. The number of aliphatic hydroxyl groups excluding tert-OH is 1. The number of ether oxygens (including phenoxy) is 1. The van der Waals surface area contributed by atoms with Gasteiger partial charge in [0.15, 0.2) is 11.6 Å². The third-order valence-corrected chi connectivity index (χ3v) is 4.89. The van der Waals surface area contributed by atoms with Crippen LogP contribution in [0.15, 0.2) is 46.5 Å². The van der Waals surface area contributed by atoms with E-state index < -0.39 is 11.6 Å². The summed E-state index contributed by atoms with van der Waals surface area (Å²) in [5, 5.41) is 15.1. The molecule has 4 rings (SSSR count). The average molecular weight is 439 g/mol. The molecule has 0 unspecified atom stereocenters. The zero-order valence-corrected chi connectivity index (χ0v) is 17.7. The van der Waals surface area contributed by atoms with E-state index >= 15 is 0 Å². The van der Waals surface area contributed by atoms with Crippen LogP contribution in [0.5, 0.6) is 11.8 Å². The first-order valence-electron chi connectivity index (χ1n) is 10.2. The first-order chi connectivity index (χ1) is 15.5. The summed E-state index contributed by atoms with van der Waals surface area (Å²) in [7, 11) is 0. The fraction of sp³-hybridized carbons (Fsp3) is 0.261. The summed E-state index contributed by atoms with van der Waals surface area (Å²) in [5.74, 6) is -0.203. The van der Waals surface area contributed by atoms with E-state index in [-0.39, 0.29) is 30.5 Å². The van der Waals surface area contributed by atoms with Gasteiger partial charge in [-0.1, -0.05) is 23.8 Å². The topological polar surface area (TPSA) is 91.7 Å². The molecular formula is C23H23F2N5O2. The lowest BCUT2D eigenvalue weighted by Crippen LogP contribution is -2.12. The van der Waals surface area contributed by atoms with E-state index in [1.807, 2.05) is 32.1 Å². The van der Waals surface area contributed by atoms with Crippen LogP contribution in [0.2, 0.25) is 0 Å². The molecular weight excluding hydrogens is 416 g/mol. The average Bonchev–Trinajstić information content (AvgIpc) is 3.37. The van der Waals surface area contributed by atoms with Gasteiger partial charge in [-0.05, 0) is 31.9 Å². The van der Waals surface area contributed by atoms with Gasteiger partial charge in [0.2, 0.25) is 0 Å². The van der Waals surface area contributed by atoms with Gasteiger partial charge in [-0.3, -0.25) is 4.99 Å². The predicted octanol–water partition coefficient (Wildman–Crippen LogP) is 4.24. The molecule has 0 spiro atoms. The number of rotatable bonds is 7. The summed E-state index contributed by atoms with van der Waals surface area (Å²) >= 11 is 0. The molecule has 2 heterocycles. The fourth-order valence-electron chi connectivity index (χ4n) is 3.51. The van der Waals surface area contributed by atoms with Gasteiger partial charge in [0.05, 0.1) is 13.2 Å². The molecule has 9 heteroatoms. The number of nitrogens with zero attached hydrogens (tertiary/aromatic N) is 3. The van der Waals surface area contributed by atoms with Gasteiger partial charge in [-0.15, -0.1) is 0 Å². The summed E-state index contributed by atoms with van der Waals surface area (Å²) in [6.07, 6.45) is 7.75. The summed E-state index contributed by atoms with van der Waals surface area (Å²) in [4.78, 5) is 12.9. The van der Waals surface area contributed by atoms with E-state index in [1.54, 1.807) is 12.1 Å². The van der Waals surface area contributed by atoms with Gasteiger partial charge in [-0.25, -0.2) is 8.78 Å². The minimum absolute atomic E-state index is 0.110. The van der Waals surface area contributed by atoms with Crippen LogP contribution in [-0.4, -0.2) is 40.6 Å². The number of halogens is 2. The molecule has 1 aliphatic carbocycles. The molecule has 0 bridgehead atoms. The highest BCUT2D eigenvalue weighted by Crippen LogP contribution is 2.36. The van der Waals surface area contributed by atoms with Crippen LogP contribution in [0.3, 0.4) is 0 Å². The predicted molar refractivity (Wildman–Crippen MR) is 120 cm³/mol. The van der Waals surface area contributed by atoms with Crippen LogP contribution >= 0.6 is 0 Å². The number of aliphatic imine (C=N–C) groups is 1. The van der Waals surface area contributed by atoms with E-state index in [9.17, 15) is 8.78 Å². The van der Waals surface area contributed by atoms with Crippen LogP contribution in [0.25, 0.3) is 6.08 Å². The summed E-state index contributed by atoms with van der Waals surface area (Å²) in [6, 6.07) is 2.44. The zero-order valence-electron chi connectivity index (χ0n) is 17.7. The highest BCUT2D eigenvalue weighted by atomic mass is 19.1. The molecule has 1 aromatic heterocycles. The van der Waals surface area contributed by atoms with Crippen LogP contribution < -0.4 is 15.4 Å². The number of hydrogen-bond donors (Lipinski definition) is 3. The zero-order chi connectivity index (χ0) is 22.7. The Morgan fingerprint density at radius 2 is 2.00 bits per heavy atom. The molecule has 2 aromatic rings. The van der Waals surface area contributed by atoms with Crippen molar-refractivity contribution >= 4 is 23.5 Å². The molecule has 1 aliphatic heterocycles. The second kappa shape index (κ2) is 9.27. The van der Waals surface area contributed by atoms with Crippen molar-refractivity contribution in [1.29, 1.82) is 0 Å². The number of nitrogens with one attached hydrogen (secondary N) is 2. The molecule has 0 saturated heterocycles. The molecule has 0 fully saturated rings. The lowest BCUT2D eigenvalue weighted by molar-refractivity contribution is 0.311. The van der Waals surface area contributed by atoms with E-state index in [2.05, 4.69) is 25.6 Å². The number of aliphatic hydroxyl groups is 1. The first kappa shape index (κ1) is 21.6. The quantitative estimate of drug-likeness (QED) is 0.598. The van der Waals surface area contributed by atoms with Crippen molar-refractivity contribution in [3.8, 4) is 11.8 Å². The van der Waals surface area contributed by atoms with Gasteiger partial charge in [0.25, 0.3) is 0 Å². The lowest BCUT2D eigenvalue weighted by atomic mass is 10.1. The van der Waals surface area contributed by atoms with Crippen molar-refractivity contribution < 1.29 is 18.6 Å². The number of fused-ring (bicyclic) bond motifs is 1. The molecule has 166 valence electrons. The van der Waals surface area contributed by atoms with Crippen molar-refractivity contribution in [3.63, 3.8) is 0 Å². The van der Waals surface area contributed by atoms with Gasteiger partial charge >= 0.3 is 6.01 Å².